The first-order chi connectivity index (χ1) is 20.9. The van der Waals surface area contributed by atoms with Crippen LogP contribution in [0, 0.1) is 5.82 Å². The number of hydrogen-bond donors (Lipinski definition) is 3. The molecule has 44 heavy (non-hydrogen) atoms. The summed E-state index contributed by atoms with van der Waals surface area (Å²) in [5.41, 5.74) is 2.66. The van der Waals surface area contributed by atoms with Crippen LogP contribution in [-0.2, 0) is 12.6 Å². The molecule has 15 heteroatoms. The van der Waals surface area contributed by atoms with Crippen molar-refractivity contribution in [1.82, 2.24) is 25.2 Å². The normalized spacial score (nSPS) is 21.1. The fourth-order valence-electron chi connectivity index (χ4n) is 6.68. The zero-order chi connectivity index (χ0) is 31.4. The predicted octanol–water partition coefficient (Wildman–Crippen LogP) is 6.41. The first-order valence-electron chi connectivity index (χ1n) is 14.7. The van der Waals surface area contributed by atoms with E-state index >= 15 is 8.78 Å². The fraction of sp³-hybridized carbons (Fsp3) is 0.552. The molecule has 1 aromatic carbocycles. The van der Waals surface area contributed by atoms with E-state index in [0.717, 1.165) is 50.9 Å². The lowest BCUT2D eigenvalue weighted by Crippen LogP contribution is -2.44. The van der Waals surface area contributed by atoms with Crippen molar-refractivity contribution in [3.63, 3.8) is 0 Å². The number of nitrogens with one attached hydrogen (secondary N) is 2. The van der Waals surface area contributed by atoms with Gasteiger partial charge in [0.2, 0.25) is 0 Å². The molecule has 5 heterocycles. The van der Waals surface area contributed by atoms with Gasteiger partial charge < -0.3 is 15.8 Å². The van der Waals surface area contributed by atoms with Gasteiger partial charge in [-0.05, 0) is 70.2 Å². The van der Waals surface area contributed by atoms with Crippen molar-refractivity contribution in [1.29, 1.82) is 0 Å². The van der Waals surface area contributed by atoms with Gasteiger partial charge in [-0.25, -0.2) is 18.2 Å². The Hall–Kier alpha value is -3.10. The third-order valence-electron chi connectivity index (χ3n) is 8.84. The van der Waals surface area contributed by atoms with E-state index in [-0.39, 0.29) is 65.5 Å². The molecule has 0 spiro atoms. The zero-order valence-corrected chi connectivity index (χ0v) is 24.6. The third-order valence-corrected chi connectivity index (χ3v) is 9.14. The Balaban J connectivity index is 1.49. The Morgan fingerprint density at radius 1 is 1.18 bits per heavy atom. The highest BCUT2D eigenvalue weighted by Crippen LogP contribution is 2.45. The molecule has 238 valence electrons. The van der Waals surface area contributed by atoms with Crippen LogP contribution in [0.2, 0.25) is 5.02 Å². The third kappa shape index (κ3) is 5.60. The van der Waals surface area contributed by atoms with Crippen LogP contribution in [0.15, 0.2) is 12.1 Å². The highest BCUT2D eigenvalue weighted by molar-refractivity contribution is 6.32. The van der Waals surface area contributed by atoms with E-state index in [1.54, 1.807) is 6.92 Å². The number of benzene rings is 1. The molecule has 2 fully saturated rings. The molecule has 3 aliphatic heterocycles. The average Bonchev–Trinajstić information content (AvgIpc) is 3.48. The number of rotatable bonds is 8. The van der Waals surface area contributed by atoms with E-state index in [2.05, 4.69) is 30.5 Å². The van der Waals surface area contributed by atoms with Gasteiger partial charge in [0.05, 0.1) is 33.2 Å². The van der Waals surface area contributed by atoms with Crippen molar-refractivity contribution in [2.75, 3.05) is 30.7 Å². The number of nitrogens with zero attached hydrogens (tertiary/aromatic N) is 4. The Kier molecular flexibility index (Phi) is 8.20. The number of aromatic nitrogens is 3. The summed E-state index contributed by atoms with van der Waals surface area (Å²) in [6.07, 6.45) is -4.55. The number of hydrogen-bond acceptors (Lipinski definition) is 8. The van der Waals surface area contributed by atoms with Gasteiger partial charge in [-0.3, -0.25) is 10.2 Å². The zero-order valence-electron chi connectivity index (χ0n) is 23.9. The molecule has 3 atom stereocenters. The van der Waals surface area contributed by atoms with Crippen LogP contribution in [0.5, 0.6) is 6.01 Å². The number of pyridine rings is 1. The number of aryl methyl sites for hydroxylation is 1. The molecule has 0 saturated carbocycles. The van der Waals surface area contributed by atoms with Crippen molar-refractivity contribution >= 4 is 34.0 Å². The van der Waals surface area contributed by atoms with Gasteiger partial charge in [-0.2, -0.15) is 23.1 Å². The monoisotopic (exact) mass is 643 g/mol. The average molecular weight is 644 g/mol. The van der Waals surface area contributed by atoms with Gasteiger partial charge in [-0.1, -0.05) is 18.5 Å². The lowest BCUT2D eigenvalue weighted by molar-refractivity contribution is -0.137. The number of nitrogens with two attached hydrogens (primary N) is 1. The molecule has 8 nitrogen and oxygen atoms in total. The molecule has 0 bridgehead atoms. The molecule has 2 saturated heterocycles. The number of fused-ring (bicyclic) bond motifs is 1. The van der Waals surface area contributed by atoms with Gasteiger partial charge in [0, 0.05) is 11.3 Å². The van der Waals surface area contributed by atoms with Crippen molar-refractivity contribution in [2.45, 2.75) is 82.2 Å². The van der Waals surface area contributed by atoms with Crippen LogP contribution in [0.1, 0.15) is 56.7 Å². The van der Waals surface area contributed by atoms with Crippen LogP contribution in [-0.4, -0.2) is 63.7 Å². The Morgan fingerprint density at radius 2 is 1.91 bits per heavy atom. The van der Waals surface area contributed by atoms with E-state index in [1.165, 1.54) is 0 Å². The van der Waals surface area contributed by atoms with E-state index < -0.39 is 52.5 Å². The minimum Gasteiger partial charge on any atom is -0.461 e. The van der Waals surface area contributed by atoms with Crippen molar-refractivity contribution < 1.29 is 31.1 Å². The summed E-state index contributed by atoms with van der Waals surface area (Å²) in [5.74, 6) is -1.18. The number of halogens is 7. The maximum absolute atomic E-state index is 16.4. The molecule has 3 aliphatic rings. The molecule has 0 amide bonds. The fourth-order valence-corrected chi connectivity index (χ4v) is 7.02. The molecule has 4 N–H and O–H groups in total. The standard InChI is InChI=1S/C29H32ClF6N7O/c1-2-19(31)40-25(33)18-6-5-17-20-24(22(32)23(38-17)15-11-14(37)12-16(30)21(15)29(34,35)36)41-27(42-26(20)39-18)44-13-28-7-3-9-43(28)10-4-8-28/h11-12,18-19,25,40H,2-10,13,37H2,1H3,(H,39,41,42). The summed E-state index contributed by atoms with van der Waals surface area (Å²) in [6.45, 7) is 3.65. The second kappa shape index (κ2) is 11.7. The lowest BCUT2D eigenvalue weighted by atomic mass is 9.95. The van der Waals surface area contributed by atoms with Crippen LogP contribution >= 0.6 is 11.6 Å². The number of anilines is 2. The first kappa shape index (κ1) is 30.9. The molecule has 3 unspecified atom stereocenters. The second-order valence-corrected chi connectivity index (χ2v) is 12.1. The highest BCUT2D eigenvalue weighted by Gasteiger charge is 2.45. The van der Waals surface area contributed by atoms with Crippen LogP contribution in [0.4, 0.5) is 37.8 Å². The molecular weight excluding hydrogens is 612 g/mol. The van der Waals surface area contributed by atoms with Crippen molar-refractivity contribution in [2.24, 2.45) is 0 Å². The van der Waals surface area contributed by atoms with Crippen molar-refractivity contribution in [3.05, 3.63) is 34.2 Å². The minimum atomic E-state index is -4.96. The van der Waals surface area contributed by atoms with Gasteiger partial charge in [0.15, 0.2) is 18.4 Å². The van der Waals surface area contributed by atoms with Gasteiger partial charge >= 0.3 is 12.2 Å². The van der Waals surface area contributed by atoms with Crippen LogP contribution in [0.25, 0.3) is 22.2 Å². The lowest BCUT2D eigenvalue weighted by Gasteiger charge is -2.31. The van der Waals surface area contributed by atoms with Crippen LogP contribution < -0.4 is 21.1 Å². The summed E-state index contributed by atoms with van der Waals surface area (Å²) in [5, 5.41) is 4.54. The second-order valence-electron chi connectivity index (χ2n) is 11.7. The first-order valence-corrected chi connectivity index (χ1v) is 15.0. The Labute approximate surface area is 254 Å². The molecule has 0 aliphatic carbocycles. The smallest absolute Gasteiger partial charge is 0.418 e. The van der Waals surface area contributed by atoms with E-state index in [9.17, 15) is 17.6 Å². The summed E-state index contributed by atoms with van der Waals surface area (Å²) in [7, 11) is 0. The molecule has 3 aromatic rings. The maximum atomic E-state index is 16.4. The summed E-state index contributed by atoms with van der Waals surface area (Å²) in [6, 6.07) is 0.632. The molecule has 6 rings (SSSR count). The number of nitrogen functional groups attached to an aromatic ring is 1. The van der Waals surface area contributed by atoms with Crippen LogP contribution in [0.3, 0.4) is 0 Å². The Morgan fingerprint density at radius 3 is 2.59 bits per heavy atom. The molecule has 0 radical (unpaired) electrons. The summed E-state index contributed by atoms with van der Waals surface area (Å²) in [4.78, 5) is 15.4. The van der Waals surface area contributed by atoms with Gasteiger partial charge in [0.1, 0.15) is 23.6 Å². The van der Waals surface area contributed by atoms with Gasteiger partial charge in [-0.15, -0.1) is 0 Å². The van der Waals surface area contributed by atoms with E-state index in [4.69, 9.17) is 22.1 Å². The topological polar surface area (TPSA) is 101 Å². The summed E-state index contributed by atoms with van der Waals surface area (Å²) >= 11 is 5.97. The van der Waals surface area contributed by atoms with E-state index in [1.807, 2.05) is 0 Å². The largest absolute Gasteiger partial charge is 0.461 e. The maximum Gasteiger partial charge on any atom is 0.418 e. The predicted molar refractivity (Wildman–Crippen MR) is 154 cm³/mol. The molecular formula is C29H32ClF6N7O. The van der Waals surface area contributed by atoms with Crippen molar-refractivity contribution in [3.8, 4) is 17.3 Å². The molecule has 2 aromatic heterocycles. The minimum absolute atomic E-state index is 0.00133. The van der Waals surface area contributed by atoms with E-state index in [0.29, 0.717) is 0 Å². The highest BCUT2D eigenvalue weighted by atomic mass is 35.5. The SMILES string of the molecule is CCC(F)NC(F)C1CCc2nc(-c3cc(N)cc(Cl)c3C(F)(F)F)c(F)c3nc(OCC45CCCN4CCC5)nc(c23)N1. The Bertz CT molecular complexity index is 1560. The number of alkyl halides is 5. The number of ether oxygens (including phenoxy) is 1. The van der Waals surface area contributed by atoms with Gasteiger partial charge in [0.25, 0.3) is 0 Å². The summed E-state index contributed by atoms with van der Waals surface area (Å²) < 4.78 is 94.3. The quantitative estimate of drug-likeness (QED) is 0.147.